The maximum absolute atomic E-state index is 6.21. The van der Waals surface area contributed by atoms with Crippen LogP contribution < -0.4 is 5.32 Å². The third kappa shape index (κ3) is 2.97. The highest BCUT2D eigenvalue weighted by molar-refractivity contribution is 6.31. The van der Waals surface area contributed by atoms with E-state index in [1.54, 1.807) is 0 Å². The highest BCUT2D eigenvalue weighted by atomic mass is 35.5. The fourth-order valence-corrected chi connectivity index (χ4v) is 2.92. The molecule has 104 valence electrons. The smallest absolute Gasteiger partial charge is 0.0451 e. The molecule has 1 aliphatic rings. The molecule has 0 aromatic heterocycles. The first-order valence-electron chi connectivity index (χ1n) is 7.00. The van der Waals surface area contributed by atoms with Crippen LogP contribution in [0.25, 0.3) is 0 Å². The van der Waals surface area contributed by atoms with Gasteiger partial charge in [0.25, 0.3) is 0 Å². The van der Waals surface area contributed by atoms with Gasteiger partial charge in [-0.1, -0.05) is 41.9 Å². The van der Waals surface area contributed by atoms with Gasteiger partial charge in [0.15, 0.2) is 0 Å². The Morgan fingerprint density at radius 3 is 2.85 bits per heavy atom. The minimum absolute atomic E-state index is 0.843. The maximum atomic E-state index is 6.21. The molecule has 0 saturated carbocycles. The van der Waals surface area contributed by atoms with E-state index in [0.717, 1.165) is 31.1 Å². The lowest BCUT2D eigenvalue weighted by Crippen LogP contribution is -2.17. The lowest BCUT2D eigenvalue weighted by molar-refractivity contribution is 0.319. The average molecular weight is 287 g/mol. The van der Waals surface area contributed by atoms with Gasteiger partial charge in [0.05, 0.1) is 0 Å². The van der Waals surface area contributed by atoms with E-state index in [1.165, 1.54) is 22.4 Å². The summed E-state index contributed by atoms with van der Waals surface area (Å²) in [6.07, 6.45) is 1.14. The van der Waals surface area contributed by atoms with Crippen molar-refractivity contribution in [3.8, 4) is 0 Å². The molecule has 2 nitrogen and oxygen atoms in total. The van der Waals surface area contributed by atoms with Gasteiger partial charge >= 0.3 is 0 Å². The first-order valence-corrected chi connectivity index (χ1v) is 7.38. The second-order valence-corrected chi connectivity index (χ2v) is 5.84. The first-order chi connectivity index (χ1) is 9.72. The molecule has 3 heteroatoms. The van der Waals surface area contributed by atoms with Gasteiger partial charge in [-0.15, -0.1) is 0 Å². The van der Waals surface area contributed by atoms with Crippen molar-refractivity contribution >= 4 is 17.3 Å². The van der Waals surface area contributed by atoms with Crippen molar-refractivity contribution in [1.82, 2.24) is 4.90 Å². The van der Waals surface area contributed by atoms with Crippen LogP contribution in [-0.2, 0) is 19.5 Å². The van der Waals surface area contributed by atoms with E-state index in [-0.39, 0.29) is 0 Å². The van der Waals surface area contributed by atoms with Crippen molar-refractivity contribution in [2.75, 3.05) is 18.9 Å². The molecule has 0 atom stereocenters. The number of anilines is 1. The van der Waals surface area contributed by atoms with Crippen LogP contribution >= 0.6 is 11.6 Å². The van der Waals surface area contributed by atoms with Crippen molar-refractivity contribution in [2.24, 2.45) is 0 Å². The second-order valence-electron chi connectivity index (χ2n) is 5.43. The zero-order chi connectivity index (χ0) is 13.9. The van der Waals surface area contributed by atoms with Crippen LogP contribution in [0.1, 0.15) is 16.7 Å². The van der Waals surface area contributed by atoms with Gasteiger partial charge in [0.1, 0.15) is 0 Å². The quantitative estimate of drug-likeness (QED) is 0.916. The summed E-state index contributed by atoms with van der Waals surface area (Å²) in [5.41, 5.74) is 5.25. The molecule has 2 aromatic rings. The van der Waals surface area contributed by atoms with E-state index in [1.807, 2.05) is 18.2 Å². The lowest BCUT2D eigenvalue weighted by Gasteiger charge is -2.18. The molecule has 1 aliphatic heterocycles. The standard InChI is InChI=1S/C17H19ClN2/c1-20(12-15-4-2-3-5-16(15)18)11-13-6-7-14-8-9-19-17(14)10-13/h2-7,10,19H,8-9,11-12H2,1H3. The van der Waals surface area contributed by atoms with Crippen molar-refractivity contribution in [2.45, 2.75) is 19.5 Å². The van der Waals surface area contributed by atoms with Crippen LogP contribution in [0.2, 0.25) is 5.02 Å². The fourth-order valence-electron chi connectivity index (χ4n) is 2.72. The Hall–Kier alpha value is -1.51. The van der Waals surface area contributed by atoms with Crippen molar-refractivity contribution in [3.63, 3.8) is 0 Å². The Kier molecular flexibility index (Phi) is 3.95. The van der Waals surface area contributed by atoms with E-state index in [0.29, 0.717) is 0 Å². The van der Waals surface area contributed by atoms with Gasteiger partial charge in [0.2, 0.25) is 0 Å². The predicted octanol–water partition coefficient (Wildman–Crippen LogP) is 3.94. The number of rotatable bonds is 4. The summed E-state index contributed by atoms with van der Waals surface area (Å²) in [6, 6.07) is 14.8. The summed E-state index contributed by atoms with van der Waals surface area (Å²) in [6.45, 7) is 2.86. The average Bonchev–Trinajstić information content (AvgIpc) is 2.89. The molecule has 1 N–H and O–H groups in total. The van der Waals surface area contributed by atoms with Gasteiger partial charge in [-0.2, -0.15) is 0 Å². The monoisotopic (exact) mass is 286 g/mol. The summed E-state index contributed by atoms with van der Waals surface area (Å²) in [5, 5.41) is 4.28. The highest BCUT2D eigenvalue weighted by Crippen LogP contribution is 2.24. The van der Waals surface area contributed by atoms with E-state index in [9.17, 15) is 0 Å². The molecule has 0 aliphatic carbocycles. The van der Waals surface area contributed by atoms with Gasteiger partial charge in [-0.25, -0.2) is 0 Å². The van der Waals surface area contributed by atoms with E-state index < -0.39 is 0 Å². The number of halogens is 1. The summed E-state index contributed by atoms with van der Waals surface area (Å²) in [5.74, 6) is 0. The maximum Gasteiger partial charge on any atom is 0.0451 e. The van der Waals surface area contributed by atoms with Gasteiger partial charge in [-0.05, 0) is 42.3 Å². The van der Waals surface area contributed by atoms with Gasteiger partial charge < -0.3 is 5.32 Å². The molecule has 0 bridgehead atoms. The molecule has 2 aromatic carbocycles. The van der Waals surface area contributed by atoms with Gasteiger partial charge in [0, 0.05) is 30.3 Å². The Bertz CT molecular complexity index is 610. The van der Waals surface area contributed by atoms with Crippen molar-refractivity contribution in [1.29, 1.82) is 0 Å². The summed E-state index contributed by atoms with van der Waals surface area (Å²) in [4.78, 5) is 2.29. The molecule has 1 heterocycles. The van der Waals surface area contributed by atoms with E-state index >= 15 is 0 Å². The molecule has 20 heavy (non-hydrogen) atoms. The number of nitrogens with one attached hydrogen (secondary N) is 1. The second kappa shape index (κ2) is 5.86. The summed E-state index contributed by atoms with van der Waals surface area (Å²) < 4.78 is 0. The minimum Gasteiger partial charge on any atom is -0.384 e. The molecule has 3 rings (SSSR count). The molecule has 0 amide bonds. The Balaban J connectivity index is 1.67. The number of hydrogen-bond acceptors (Lipinski definition) is 2. The molecule has 0 spiro atoms. The largest absolute Gasteiger partial charge is 0.384 e. The van der Waals surface area contributed by atoms with E-state index in [2.05, 4.69) is 41.5 Å². The zero-order valence-electron chi connectivity index (χ0n) is 11.7. The molecule has 0 saturated heterocycles. The number of hydrogen-bond donors (Lipinski definition) is 1. The molecule has 0 fully saturated rings. The van der Waals surface area contributed by atoms with Crippen LogP contribution in [0.3, 0.4) is 0 Å². The Morgan fingerprint density at radius 2 is 2.00 bits per heavy atom. The minimum atomic E-state index is 0.843. The Labute approximate surface area is 125 Å². The van der Waals surface area contributed by atoms with Crippen LogP contribution in [0.4, 0.5) is 5.69 Å². The molecule has 0 unspecified atom stereocenters. The fraction of sp³-hybridized carbons (Fsp3) is 0.294. The predicted molar refractivity (Wildman–Crippen MR) is 85.3 cm³/mol. The topological polar surface area (TPSA) is 15.3 Å². The first kappa shape index (κ1) is 13.5. The highest BCUT2D eigenvalue weighted by Gasteiger charge is 2.11. The van der Waals surface area contributed by atoms with Crippen LogP contribution in [0, 0.1) is 0 Å². The van der Waals surface area contributed by atoms with Crippen molar-refractivity contribution < 1.29 is 0 Å². The van der Waals surface area contributed by atoms with Crippen LogP contribution in [-0.4, -0.2) is 18.5 Å². The molecular weight excluding hydrogens is 268 g/mol. The SMILES string of the molecule is CN(Cc1ccc2c(c1)NCC2)Cc1ccccc1Cl. The number of fused-ring (bicyclic) bond motifs is 1. The third-order valence-corrected chi connectivity index (χ3v) is 4.10. The number of nitrogens with zero attached hydrogens (tertiary/aromatic N) is 1. The summed E-state index contributed by atoms with van der Waals surface area (Å²) in [7, 11) is 2.13. The van der Waals surface area contributed by atoms with Crippen LogP contribution in [0.15, 0.2) is 42.5 Å². The van der Waals surface area contributed by atoms with Gasteiger partial charge in [-0.3, -0.25) is 4.90 Å². The van der Waals surface area contributed by atoms with Crippen molar-refractivity contribution in [3.05, 3.63) is 64.2 Å². The third-order valence-electron chi connectivity index (χ3n) is 3.73. The molecule has 0 radical (unpaired) electrons. The zero-order valence-corrected chi connectivity index (χ0v) is 12.5. The normalized spacial score (nSPS) is 13.3. The van der Waals surface area contributed by atoms with E-state index in [4.69, 9.17) is 11.6 Å². The summed E-state index contributed by atoms with van der Waals surface area (Å²) >= 11 is 6.21. The lowest BCUT2D eigenvalue weighted by atomic mass is 10.1. The van der Waals surface area contributed by atoms with Crippen LogP contribution in [0.5, 0.6) is 0 Å². The number of benzene rings is 2. The Morgan fingerprint density at radius 1 is 1.15 bits per heavy atom. The molecular formula is C17H19ClN2.